The summed E-state index contributed by atoms with van der Waals surface area (Å²) in [6.45, 7) is 4.14. The van der Waals surface area contributed by atoms with E-state index >= 15 is 0 Å². The molecule has 0 saturated heterocycles. The Kier molecular flexibility index (Phi) is 9.81. The maximum Gasteiger partial charge on any atom is 0.0607 e. The first-order chi connectivity index (χ1) is 12.7. The lowest BCUT2D eigenvalue weighted by Gasteiger charge is -2.32. The normalized spacial score (nSPS) is 18.7. The van der Waals surface area contributed by atoms with E-state index in [1.165, 1.54) is 64.2 Å². The van der Waals surface area contributed by atoms with Gasteiger partial charge < -0.3 is 0 Å². The van der Waals surface area contributed by atoms with Crippen molar-refractivity contribution in [3.8, 4) is 11.8 Å². The Morgan fingerprint density at radius 2 is 1.48 bits per heavy atom. The summed E-state index contributed by atoms with van der Waals surface area (Å²) < 4.78 is 0. The van der Waals surface area contributed by atoms with Gasteiger partial charge in [0.15, 0.2) is 0 Å². The molecule has 2 saturated carbocycles. The van der Waals surface area contributed by atoms with Crippen LogP contribution in [0, 0.1) is 11.8 Å². The predicted octanol–water partition coefficient (Wildman–Crippen LogP) is 7.47. The average Bonchev–Trinajstić information content (AvgIpc) is 2.66. The second-order valence-corrected chi connectivity index (χ2v) is 8.66. The zero-order valence-electron chi connectivity index (χ0n) is 16.4. The second-order valence-electron chi connectivity index (χ2n) is 7.85. The third-order valence-corrected chi connectivity index (χ3v) is 6.73. The van der Waals surface area contributed by atoms with E-state index < -0.39 is 0 Å². The fourth-order valence-corrected chi connectivity index (χ4v) is 5.42. The van der Waals surface area contributed by atoms with Crippen molar-refractivity contribution in [3.05, 3.63) is 33.3 Å². The third kappa shape index (κ3) is 6.30. The minimum atomic E-state index is 0. The van der Waals surface area contributed by atoms with Crippen LogP contribution in [0.3, 0.4) is 0 Å². The summed E-state index contributed by atoms with van der Waals surface area (Å²) in [5.74, 6) is 7.18. The Hall–Kier alpha value is -0.390. The van der Waals surface area contributed by atoms with Gasteiger partial charge >= 0.3 is 0 Å². The monoisotopic (exact) mass is 427 g/mol. The van der Waals surface area contributed by atoms with Crippen molar-refractivity contribution in [3.63, 3.8) is 0 Å². The molecule has 1 aromatic carbocycles. The summed E-state index contributed by atoms with van der Waals surface area (Å²) in [4.78, 5) is 2.52. The Morgan fingerprint density at radius 1 is 0.926 bits per heavy atom. The number of hydrogen-bond donors (Lipinski definition) is 0. The first-order valence-corrected chi connectivity index (χ1v) is 11.2. The molecule has 0 unspecified atom stereocenters. The van der Waals surface area contributed by atoms with Crippen LogP contribution in [0.1, 0.15) is 88.2 Å². The average molecular weight is 429 g/mol. The van der Waals surface area contributed by atoms with E-state index in [1.807, 2.05) is 12.1 Å². The van der Waals surface area contributed by atoms with Crippen molar-refractivity contribution in [2.75, 3.05) is 13.1 Å². The highest BCUT2D eigenvalue weighted by atomic mass is 35.5. The number of rotatable bonds is 4. The zero-order chi connectivity index (χ0) is 18.4. The van der Waals surface area contributed by atoms with E-state index in [1.54, 1.807) is 0 Å². The van der Waals surface area contributed by atoms with Gasteiger partial charge in [0, 0.05) is 21.7 Å². The molecular formula is C23H32Cl3N. The van der Waals surface area contributed by atoms with Crippen LogP contribution in [0.15, 0.2) is 12.1 Å². The molecule has 1 nitrogen and oxygen atoms in total. The van der Waals surface area contributed by atoms with Crippen molar-refractivity contribution in [1.82, 2.24) is 4.90 Å². The van der Waals surface area contributed by atoms with E-state index in [9.17, 15) is 0 Å². The molecule has 0 N–H and O–H groups in total. The zero-order valence-corrected chi connectivity index (χ0v) is 18.7. The van der Waals surface area contributed by atoms with Gasteiger partial charge in [-0.25, -0.2) is 0 Å². The highest BCUT2D eigenvalue weighted by molar-refractivity contribution is 6.36. The first kappa shape index (κ1) is 22.9. The summed E-state index contributed by atoms with van der Waals surface area (Å²) in [7, 11) is 0. The van der Waals surface area contributed by atoms with Gasteiger partial charge in [-0.05, 0) is 55.8 Å². The molecule has 0 aliphatic heterocycles. The molecule has 2 fully saturated rings. The maximum absolute atomic E-state index is 6.60. The molecular weight excluding hydrogens is 397 g/mol. The Balaban J connectivity index is 0.00000261. The summed E-state index contributed by atoms with van der Waals surface area (Å²) in [6.07, 6.45) is 13.1. The number of benzene rings is 1. The van der Waals surface area contributed by atoms with Gasteiger partial charge in [0.2, 0.25) is 0 Å². The standard InChI is InChI=1S/C23H31Cl2N.ClH/c1-2-26(20-13-7-4-8-14-20)15-9-10-18-16-21(24)23(22(25)17-18)19-11-5-3-6-12-19;/h16-17,19-20H,2-8,11-15H2,1H3;1H. The Morgan fingerprint density at radius 3 is 2.04 bits per heavy atom. The van der Waals surface area contributed by atoms with Gasteiger partial charge in [0.1, 0.15) is 0 Å². The van der Waals surface area contributed by atoms with Crippen molar-refractivity contribution >= 4 is 35.6 Å². The van der Waals surface area contributed by atoms with E-state index in [4.69, 9.17) is 23.2 Å². The number of halogens is 3. The van der Waals surface area contributed by atoms with Crippen molar-refractivity contribution in [2.45, 2.75) is 83.1 Å². The lowest BCUT2D eigenvalue weighted by Crippen LogP contribution is -2.36. The van der Waals surface area contributed by atoms with E-state index in [0.717, 1.165) is 34.3 Å². The number of nitrogens with zero attached hydrogens (tertiary/aromatic N) is 1. The Labute approximate surface area is 181 Å². The molecule has 0 heterocycles. The van der Waals surface area contributed by atoms with Crippen LogP contribution >= 0.6 is 35.6 Å². The van der Waals surface area contributed by atoms with Gasteiger partial charge in [-0.2, -0.15) is 0 Å². The molecule has 0 atom stereocenters. The first-order valence-electron chi connectivity index (χ1n) is 10.4. The highest BCUT2D eigenvalue weighted by Gasteiger charge is 2.21. The largest absolute Gasteiger partial charge is 0.290 e. The highest BCUT2D eigenvalue weighted by Crippen LogP contribution is 2.40. The molecule has 0 bridgehead atoms. The van der Waals surface area contributed by atoms with Crippen LogP contribution in [0.2, 0.25) is 10.0 Å². The minimum absolute atomic E-state index is 0. The lowest BCUT2D eigenvalue weighted by atomic mass is 9.84. The topological polar surface area (TPSA) is 3.24 Å². The number of hydrogen-bond acceptors (Lipinski definition) is 1. The van der Waals surface area contributed by atoms with Crippen molar-refractivity contribution in [1.29, 1.82) is 0 Å². The minimum Gasteiger partial charge on any atom is -0.290 e. The van der Waals surface area contributed by atoms with Gasteiger partial charge in [-0.3, -0.25) is 4.90 Å². The van der Waals surface area contributed by atoms with Crippen LogP contribution in [-0.4, -0.2) is 24.0 Å². The molecule has 0 spiro atoms. The van der Waals surface area contributed by atoms with Crippen LogP contribution < -0.4 is 0 Å². The fourth-order valence-electron chi connectivity index (χ4n) is 4.63. The van der Waals surface area contributed by atoms with Gasteiger partial charge in [0.25, 0.3) is 0 Å². The summed E-state index contributed by atoms with van der Waals surface area (Å²) in [5.41, 5.74) is 2.09. The van der Waals surface area contributed by atoms with Gasteiger partial charge in [-0.15, -0.1) is 12.4 Å². The molecule has 0 aromatic heterocycles. The molecule has 4 heteroatoms. The molecule has 2 aliphatic rings. The molecule has 0 radical (unpaired) electrons. The van der Waals surface area contributed by atoms with Crippen LogP contribution in [0.5, 0.6) is 0 Å². The van der Waals surface area contributed by atoms with E-state index in [2.05, 4.69) is 23.7 Å². The third-order valence-electron chi connectivity index (χ3n) is 6.10. The Bertz CT molecular complexity index is 626. The van der Waals surface area contributed by atoms with Gasteiger partial charge in [0.05, 0.1) is 6.54 Å². The maximum atomic E-state index is 6.60. The molecule has 1 aromatic rings. The predicted molar refractivity (Wildman–Crippen MR) is 121 cm³/mol. The van der Waals surface area contributed by atoms with E-state index in [0.29, 0.717) is 12.0 Å². The second kappa shape index (κ2) is 11.6. The SMILES string of the molecule is CCN(CC#Cc1cc(Cl)c(C2CCCCC2)c(Cl)c1)C1CCCCC1.Cl. The van der Waals surface area contributed by atoms with Crippen LogP contribution in [-0.2, 0) is 0 Å². The molecule has 3 rings (SSSR count). The molecule has 2 aliphatic carbocycles. The summed E-state index contributed by atoms with van der Waals surface area (Å²) >= 11 is 13.2. The fraction of sp³-hybridized carbons (Fsp3) is 0.652. The van der Waals surface area contributed by atoms with Crippen LogP contribution in [0.4, 0.5) is 0 Å². The van der Waals surface area contributed by atoms with Gasteiger partial charge in [-0.1, -0.05) is 80.5 Å². The summed E-state index contributed by atoms with van der Waals surface area (Å²) in [6, 6.07) is 4.74. The summed E-state index contributed by atoms with van der Waals surface area (Å²) in [5, 5.41) is 1.60. The van der Waals surface area contributed by atoms with Crippen LogP contribution in [0.25, 0.3) is 0 Å². The lowest BCUT2D eigenvalue weighted by molar-refractivity contribution is 0.183. The van der Waals surface area contributed by atoms with Crippen molar-refractivity contribution in [2.24, 2.45) is 0 Å². The molecule has 150 valence electrons. The quantitative estimate of drug-likeness (QED) is 0.449. The van der Waals surface area contributed by atoms with E-state index in [-0.39, 0.29) is 12.4 Å². The van der Waals surface area contributed by atoms with Crippen molar-refractivity contribution < 1.29 is 0 Å². The molecule has 0 amide bonds. The smallest absolute Gasteiger partial charge is 0.0607 e. The molecule has 27 heavy (non-hydrogen) atoms.